The summed E-state index contributed by atoms with van der Waals surface area (Å²) < 4.78 is 2.22. The molecule has 0 bridgehead atoms. The molecular weight excluding hydrogens is 595 g/mol. The Balaban J connectivity index is 1.19. The Hall–Kier alpha value is -6.58. The third-order valence-electron chi connectivity index (χ3n) is 10.3. The van der Waals surface area contributed by atoms with E-state index >= 15 is 0 Å². The SMILES string of the molecule is c1ccc(-n2c(-c3ccc(-c4cc5ccc6cccc7c8cccc9ccc%10cccc(c(c4)c5c67)c%10c98)nc3)nc3ccccc32)cc1. The van der Waals surface area contributed by atoms with Crippen LogP contribution in [0.1, 0.15) is 0 Å². The standard InChI is InChI=1S/C46H27N3/c1-2-12-34(13-3-1)49-41-18-5-4-17-40(41)48-46(49)32-23-24-39(47-27-32)33-25-31-22-21-30-10-7-15-36-35-14-6-9-28-19-20-29-11-8-16-37(44(29)42(28)35)38(26-33)45(31)43(30)36/h1-27H. The van der Waals surface area contributed by atoms with Crippen molar-refractivity contribution in [2.45, 2.75) is 0 Å². The lowest BCUT2D eigenvalue weighted by Gasteiger charge is -2.17. The van der Waals surface area contributed by atoms with E-state index in [1.165, 1.54) is 64.6 Å². The molecule has 0 amide bonds. The fourth-order valence-electron chi connectivity index (χ4n) is 8.19. The van der Waals surface area contributed by atoms with Crippen LogP contribution in [0, 0.1) is 0 Å². The van der Waals surface area contributed by atoms with Crippen molar-refractivity contribution in [3.05, 3.63) is 164 Å². The number of imidazole rings is 1. The van der Waals surface area contributed by atoms with E-state index < -0.39 is 0 Å². The van der Waals surface area contributed by atoms with E-state index in [0.29, 0.717) is 0 Å². The highest BCUT2D eigenvalue weighted by Gasteiger charge is 2.18. The lowest BCUT2D eigenvalue weighted by atomic mass is 9.87. The van der Waals surface area contributed by atoms with Gasteiger partial charge in [0.1, 0.15) is 5.82 Å². The zero-order valence-corrected chi connectivity index (χ0v) is 26.4. The molecule has 0 fully saturated rings. The summed E-state index contributed by atoms with van der Waals surface area (Å²) in [5.41, 5.74) is 6.12. The molecule has 0 aliphatic heterocycles. The summed E-state index contributed by atoms with van der Waals surface area (Å²) in [6, 6.07) is 57.0. The molecule has 0 aliphatic rings. The van der Waals surface area contributed by atoms with Gasteiger partial charge in [-0.25, -0.2) is 4.98 Å². The van der Waals surface area contributed by atoms with Gasteiger partial charge in [0.2, 0.25) is 0 Å². The van der Waals surface area contributed by atoms with Crippen LogP contribution in [0.2, 0.25) is 0 Å². The lowest BCUT2D eigenvalue weighted by Crippen LogP contribution is -1.98. The minimum absolute atomic E-state index is 0.880. The normalized spacial score (nSPS) is 12.1. The molecule has 0 spiro atoms. The number of hydrogen-bond donors (Lipinski definition) is 0. The minimum Gasteiger partial charge on any atom is -0.292 e. The summed E-state index contributed by atoms with van der Waals surface area (Å²) in [7, 11) is 0. The maximum Gasteiger partial charge on any atom is 0.147 e. The van der Waals surface area contributed by atoms with Crippen LogP contribution >= 0.6 is 0 Å². The van der Waals surface area contributed by atoms with Crippen molar-refractivity contribution >= 4 is 75.7 Å². The highest BCUT2D eigenvalue weighted by atomic mass is 15.1. The van der Waals surface area contributed by atoms with E-state index in [1.807, 2.05) is 18.3 Å². The van der Waals surface area contributed by atoms with E-state index in [4.69, 9.17) is 9.97 Å². The number of para-hydroxylation sites is 3. The highest BCUT2D eigenvalue weighted by molar-refractivity contribution is 6.37. The van der Waals surface area contributed by atoms with Crippen LogP contribution in [-0.4, -0.2) is 14.5 Å². The van der Waals surface area contributed by atoms with Gasteiger partial charge >= 0.3 is 0 Å². The van der Waals surface area contributed by atoms with Crippen LogP contribution in [0.25, 0.3) is 104 Å². The summed E-state index contributed by atoms with van der Waals surface area (Å²) in [6.07, 6.45) is 1.97. The van der Waals surface area contributed by atoms with E-state index in [-0.39, 0.29) is 0 Å². The predicted molar refractivity (Wildman–Crippen MR) is 206 cm³/mol. The second-order valence-electron chi connectivity index (χ2n) is 13.0. The van der Waals surface area contributed by atoms with Crippen molar-refractivity contribution in [2.24, 2.45) is 0 Å². The van der Waals surface area contributed by atoms with E-state index in [0.717, 1.165) is 39.4 Å². The van der Waals surface area contributed by atoms with Gasteiger partial charge in [0, 0.05) is 23.0 Å². The van der Waals surface area contributed by atoms with Gasteiger partial charge in [-0.15, -0.1) is 0 Å². The van der Waals surface area contributed by atoms with Crippen molar-refractivity contribution < 1.29 is 0 Å². The number of aromatic nitrogens is 3. The largest absolute Gasteiger partial charge is 0.292 e. The Bertz CT molecular complexity index is 3080. The van der Waals surface area contributed by atoms with Crippen LogP contribution in [0.3, 0.4) is 0 Å². The number of nitrogens with zero attached hydrogens (tertiary/aromatic N) is 3. The summed E-state index contributed by atoms with van der Waals surface area (Å²) in [5, 5.41) is 15.3. The molecule has 9 aromatic carbocycles. The summed E-state index contributed by atoms with van der Waals surface area (Å²) >= 11 is 0. The first kappa shape index (κ1) is 26.5. The van der Waals surface area contributed by atoms with Crippen molar-refractivity contribution in [1.29, 1.82) is 0 Å². The molecular formula is C46H27N3. The van der Waals surface area contributed by atoms with Gasteiger partial charge < -0.3 is 0 Å². The molecule has 3 heteroatoms. The summed E-state index contributed by atoms with van der Waals surface area (Å²) in [6.45, 7) is 0. The Kier molecular flexibility index (Phi) is 5.38. The van der Waals surface area contributed by atoms with Crippen molar-refractivity contribution in [1.82, 2.24) is 14.5 Å². The third-order valence-corrected chi connectivity index (χ3v) is 10.3. The fourth-order valence-corrected chi connectivity index (χ4v) is 8.19. The van der Waals surface area contributed by atoms with Crippen molar-refractivity contribution in [2.75, 3.05) is 0 Å². The first-order valence-corrected chi connectivity index (χ1v) is 16.7. The third kappa shape index (κ3) is 3.78. The zero-order valence-electron chi connectivity index (χ0n) is 26.4. The van der Waals surface area contributed by atoms with Crippen LogP contribution in [0.15, 0.2) is 164 Å². The second kappa shape index (κ2) is 9.96. The molecule has 49 heavy (non-hydrogen) atoms. The van der Waals surface area contributed by atoms with Gasteiger partial charge in [0.15, 0.2) is 0 Å². The molecule has 2 heterocycles. The first-order chi connectivity index (χ1) is 24.3. The van der Waals surface area contributed by atoms with Gasteiger partial charge in [0.05, 0.1) is 16.7 Å². The molecule has 0 unspecified atom stereocenters. The Labute approximate surface area is 281 Å². The average molecular weight is 622 g/mol. The van der Waals surface area contributed by atoms with Gasteiger partial charge in [0.25, 0.3) is 0 Å². The zero-order chi connectivity index (χ0) is 32.1. The van der Waals surface area contributed by atoms with E-state index in [1.54, 1.807) is 0 Å². The van der Waals surface area contributed by atoms with E-state index in [2.05, 4.69) is 150 Å². The highest BCUT2D eigenvalue weighted by Crippen LogP contribution is 2.44. The molecule has 226 valence electrons. The molecule has 0 radical (unpaired) electrons. The molecule has 0 saturated heterocycles. The molecule has 0 N–H and O–H groups in total. The van der Waals surface area contributed by atoms with Crippen LogP contribution in [-0.2, 0) is 0 Å². The second-order valence-corrected chi connectivity index (χ2v) is 13.0. The number of benzene rings is 8. The maximum absolute atomic E-state index is 5.10. The van der Waals surface area contributed by atoms with Crippen molar-refractivity contribution in [3.8, 4) is 28.3 Å². The van der Waals surface area contributed by atoms with E-state index in [9.17, 15) is 0 Å². The van der Waals surface area contributed by atoms with Gasteiger partial charge in [-0.1, -0.05) is 109 Å². The molecule has 0 aliphatic carbocycles. The Morgan fingerprint density at radius 3 is 1.65 bits per heavy atom. The van der Waals surface area contributed by atoms with Gasteiger partial charge in [-0.05, 0) is 113 Å². The molecule has 11 rings (SSSR count). The Morgan fingerprint density at radius 1 is 0.408 bits per heavy atom. The number of rotatable bonds is 3. The quantitative estimate of drug-likeness (QED) is 0.184. The first-order valence-electron chi connectivity index (χ1n) is 16.7. The summed E-state index contributed by atoms with van der Waals surface area (Å²) in [5.74, 6) is 0.880. The van der Waals surface area contributed by atoms with Crippen LogP contribution in [0.5, 0.6) is 0 Å². The molecule has 11 aromatic rings. The number of fused-ring (bicyclic) bond motifs is 3. The maximum atomic E-state index is 5.10. The molecule has 2 aromatic heterocycles. The summed E-state index contributed by atoms with van der Waals surface area (Å²) in [4.78, 5) is 10.2. The Morgan fingerprint density at radius 2 is 1.00 bits per heavy atom. The minimum atomic E-state index is 0.880. The topological polar surface area (TPSA) is 30.7 Å². The molecule has 0 atom stereocenters. The molecule has 0 saturated carbocycles. The van der Waals surface area contributed by atoms with Crippen molar-refractivity contribution in [3.63, 3.8) is 0 Å². The predicted octanol–water partition coefficient (Wildman–Crippen LogP) is 12.1. The lowest BCUT2D eigenvalue weighted by molar-refractivity contribution is 1.10. The fraction of sp³-hybridized carbons (Fsp3) is 0. The van der Waals surface area contributed by atoms with Gasteiger partial charge in [-0.3, -0.25) is 9.55 Å². The van der Waals surface area contributed by atoms with Crippen LogP contribution < -0.4 is 0 Å². The number of hydrogen-bond acceptors (Lipinski definition) is 2. The molecule has 3 nitrogen and oxygen atoms in total. The van der Waals surface area contributed by atoms with Gasteiger partial charge in [-0.2, -0.15) is 0 Å². The average Bonchev–Trinajstić information content (AvgIpc) is 3.56. The smallest absolute Gasteiger partial charge is 0.147 e. The van der Waals surface area contributed by atoms with Crippen LogP contribution in [0.4, 0.5) is 0 Å². The number of pyridine rings is 1. The monoisotopic (exact) mass is 621 g/mol.